The minimum absolute atomic E-state index is 0.0679. The first-order valence-corrected chi connectivity index (χ1v) is 5.33. The molecule has 1 aromatic heterocycles. The Hall–Kier alpha value is -1.49. The van der Waals surface area contributed by atoms with E-state index in [0.717, 1.165) is 25.2 Å². The normalized spacial score (nSPS) is 17.2. The molecule has 1 aliphatic rings. The van der Waals surface area contributed by atoms with Gasteiger partial charge in [-0.1, -0.05) is 0 Å². The van der Waals surface area contributed by atoms with Gasteiger partial charge in [0.2, 0.25) is 5.91 Å². The zero-order valence-electron chi connectivity index (χ0n) is 8.95. The number of hydrogen-bond acceptors (Lipinski definition) is 3. The molecule has 1 fully saturated rings. The van der Waals surface area contributed by atoms with Crippen molar-refractivity contribution in [2.75, 3.05) is 26.2 Å². The van der Waals surface area contributed by atoms with Gasteiger partial charge in [-0.3, -0.25) is 14.7 Å². The molecular formula is C11H14FN3O. The Kier molecular flexibility index (Phi) is 3.46. The van der Waals surface area contributed by atoms with E-state index in [-0.39, 0.29) is 11.7 Å². The van der Waals surface area contributed by atoms with E-state index in [1.165, 1.54) is 12.3 Å². The predicted octanol–water partition coefficient (Wildman–Crippen LogP) is 0.195. The lowest BCUT2D eigenvalue weighted by Crippen LogP contribution is -2.48. The zero-order valence-corrected chi connectivity index (χ0v) is 8.95. The third kappa shape index (κ3) is 3.00. The smallest absolute Gasteiger partial charge is 0.234 e. The van der Waals surface area contributed by atoms with Crippen molar-refractivity contribution in [3.8, 4) is 0 Å². The molecule has 1 aromatic rings. The Balaban J connectivity index is 1.82. The van der Waals surface area contributed by atoms with Crippen molar-refractivity contribution in [1.29, 1.82) is 0 Å². The van der Waals surface area contributed by atoms with Crippen LogP contribution in [-0.2, 0) is 11.2 Å². The fraction of sp³-hybridized carbons (Fsp3) is 0.455. The topological polar surface area (TPSA) is 45.2 Å². The van der Waals surface area contributed by atoms with Crippen molar-refractivity contribution in [3.05, 3.63) is 29.8 Å². The van der Waals surface area contributed by atoms with Crippen LogP contribution in [0.4, 0.5) is 4.39 Å². The second-order valence-corrected chi connectivity index (χ2v) is 3.84. The predicted molar refractivity (Wildman–Crippen MR) is 57.3 cm³/mol. The molecule has 0 spiro atoms. The Bertz CT molecular complexity index is 366. The first kappa shape index (κ1) is 11.0. The van der Waals surface area contributed by atoms with Crippen molar-refractivity contribution in [3.63, 3.8) is 0 Å². The third-order valence-corrected chi connectivity index (χ3v) is 2.59. The molecule has 0 radical (unpaired) electrons. The number of nitrogens with zero attached hydrogens (tertiary/aromatic N) is 2. The molecule has 2 heterocycles. The maximum atomic E-state index is 12.6. The van der Waals surface area contributed by atoms with E-state index in [0.29, 0.717) is 13.1 Å². The molecule has 0 unspecified atom stereocenters. The first-order valence-electron chi connectivity index (χ1n) is 5.33. The van der Waals surface area contributed by atoms with Crippen LogP contribution < -0.4 is 5.32 Å². The van der Waals surface area contributed by atoms with Gasteiger partial charge < -0.3 is 5.32 Å². The highest BCUT2D eigenvalue weighted by atomic mass is 19.1. The van der Waals surface area contributed by atoms with Gasteiger partial charge in [0, 0.05) is 31.7 Å². The lowest BCUT2D eigenvalue weighted by Gasteiger charge is -2.26. The van der Waals surface area contributed by atoms with Crippen molar-refractivity contribution in [2.24, 2.45) is 0 Å². The second-order valence-electron chi connectivity index (χ2n) is 3.84. The molecule has 1 aliphatic heterocycles. The summed E-state index contributed by atoms with van der Waals surface area (Å²) in [4.78, 5) is 17.2. The lowest BCUT2D eigenvalue weighted by atomic mass is 10.2. The number of halogens is 1. The van der Waals surface area contributed by atoms with Gasteiger partial charge in [-0.05, 0) is 12.1 Å². The molecule has 2 rings (SSSR count). The van der Waals surface area contributed by atoms with Gasteiger partial charge >= 0.3 is 0 Å². The average Bonchev–Trinajstić information content (AvgIpc) is 2.28. The number of hydrogen-bond donors (Lipinski definition) is 1. The van der Waals surface area contributed by atoms with Crippen LogP contribution >= 0.6 is 0 Å². The number of amides is 1. The summed E-state index contributed by atoms with van der Waals surface area (Å²) in [6.45, 7) is 2.80. The molecule has 0 atom stereocenters. The summed E-state index contributed by atoms with van der Waals surface area (Å²) in [5.41, 5.74) is 0.854. The van der Waals surface area contributed by atoms with Crippen LogP contribution in [0.1, 0.15) is 5.69 Å². The van der Waals surface area contributed by atoms with Crippen molar-refractivity contribution in [2.45, 2.75) is 6.42 Å². The van der Waals surface area contributed by atoms with Crippen molar-refractivity contribution >= 4 is 5.91 Å². The molecule has 0 saturated carbocycles. The lowest BCUT2D eigenvalue weighted by molar-refractivity contribution is -0.124. The molecule has 0 bridgehead atoms. The standard InChI is InChI=1S/C11H14FN3O/c12-9-1-2-10(14-7-9)3-5-15-6-4-13-11(16)8-15/h1-2,7H,3-6,8H2,(H,13,16). The fourth-order valence-electron chi connectivity index (χ4n) is 1.71. The SMILES string of the molecule is O=C1CN(CCc2ccc(F)cn2)CCN1. The summed E-state index contributed by atoms with van der Waals surface area (Å²) in [6.07, 6.45) is 1.96. The van der Waals surface area contributed by atoms with Crippen molar-refractivity contribution < 1.29 is 9.18 Å². The first-order chi connectivity index (χ1) is 7.74. The molecule has 1 N–H and O–H groups in total. The molecule has 4 nitrogen and oxygen atoms in total. The molecule has 1 saturated heterocycles. The highest BCUT2D eigenvalue weighted by molar-refractivity contribution is 5.78. The van der Waals surface area contributed by atoms with Crippen LogP contribution in [0.15, 0.2) is 18.3 Å². The van der Waals surface area contributed by atoms with E-state index in [1.54, 1.807) is 6.07 Å². The molecule has 1 amide bonds. The van der Waals surface area contributed by atoms with Gasteiger partial charge in [-0.2, -0.15) is 0 Å². The molecule has 16 heavy (non-hydrogen) atoms. The summed E-state index contributed by atoms with van der Waals surface area (Å²) < 4.78 is 12.6. The van der Waals surface area contributed by atoms with Crippen LogP contribution in [-0.4, -0.2) is 42.0 Å². The average molecular weight is 223 g/mol. The zero-order chi connectivity index (χ0) is 11.4. The molecule has 86 valence electrons. The van der Waals surface area contributed by atoms with Gasteiger partial charge in [0.1, 0.15) is 5.82 Å². The molecule has 0 aliphatic carbocycles. The van der Waals surface area contributed by atoms with E-state index >= 15 is 0 Å². The van der Waals surface area contributed by atoms with E-state index in [9.17, 15) is 9.18 Å². The summed E-state index contributed by atoms with van der Waals surface area (Å²) >= 11 is 0. The number of piperazine rings is 1. The number of aromatic nitrogens is 1. The number of pyridine rings is 1. The monoisotopic (exact) mass is 223 g/mol. The van der Waals surface area contributed by atoms with E-state index in [1.807, 2.05) is 0 Å². The van der Waals surface area contributed by atoms with E-state index < -0.39 is 0 Å². The van der Waals surface area contributed by atoms with Crippen LogP contribution in [0.5, 0.6) is 0 Å². The Morgan fingerprint density at radius 2 is 2.38 bits per heavy atom. The molecule has 5 heteroatoms. The van der Waals surface area contributed by atoms with Crippen molar-refractivity contribution in [1.82, 2.24) is 15.2 Å². The minimum Gasteiger partial charge on any atom is -0.354 e. The largest absolute Gasteiger partial charge is 0.354 e. The Labute approximate surface area is 93.5 Å². The second kappa shape index (κ2) is 5.03. The van der Waals surface area contributed by atoms with E-state index in [2.05, 4.69) is 15.2 Å². The summed E-state index contributed by atoms with van der Waals surface area (Å²) in [5.74, 6) is -0.251. The summed E-state index contributed by atoms with van der Waals surface area (Å²) in [5, 5.41) is 2.77. The fourth-order valence-corrected chi connectivity index (χ4v) is 1.71. The summed E-state index contributed by atoms with van der Waals surface area (Å²) in [7, 11) is 0. The maximum absolute atomic E-state index is 12.6. The van der Waals surface area contributed by atoms with Gasteiger partial charge in [0.15, 0.2) is 0 Å². The minimum atomic E-state index is -0.318. The van der Waals surface area contributed by atoms with Gasteiger partial charge in [0.05, 0.1) is 12.7 Å². The quantitative estimate of drug-likeness (QED) is 0.796. The molecular weight excluding hydrogens is 209 g/mol. The number of carbonyl (C=O) groups is 1. The van der Waals surface area contributed by atoms with E-state index in [4.69, 9.17) is 0 Å². The van der Waals surface area contributed by atoms with Gasteiger partial charge in [0.25, 0.3) is 0 Å². The number of rotatable bonds is 3. The van der Waals surface area contributed by atoms with Crippen LogP contribution in [0.2, 0.25) is 0 Å². The maximum Gasteiger partial charge on any atom is 0.234 e. The van der Waals surface area contributed by atoms with Gasteiger partial charge in [-0.15, -0.1) is 0 Å². The number of carbonyl (C=O) groups excluding carboxylic acids is 1. The summed E-state index contributed by atoms with van der Waals surface area (Å²) in [6, 6.07) is 3.09. The molecule has 0 aromatic carbocycles. The Morgan fingerprint density at radius 1 is 1.50 bits per heavy atom. The van der Waals surface area contributed by atoms with Crippen LogP contribution in [0.25, 0.3) is 0 Å². The van der Waals surface area contributed by atoms with Crippen LogP contribution in [0, 0.1) is 5.82 Å². The third-order valence-electron chi connectivity index (χ3n) is 2.59. The Morgan fingerprint density at radius 3 is 3.06 bits per heavy atom. The van der Waals surface area contributed by atoms with Gasteiger partial charge in [-0.25, -0.2) is 4.39 Å². The highest BCUT2D eigenvalue weighted by Gasteiger charge is 2.15. The van der Waals surface area contributed by atoms with Crippen LogP contribution in [0.3, 0.4) is 0 Å². The number of nitrogens with one attached hydrogen (secondary N) is 1. The highest BCUT2D eigenvalue weighted by Crippen LogP contribution is 2.01.